The predicted octanol–water partition coefficient (Wildman–Crippen LogP) is 2.11. The van der Waals surface area contributed by atoms with E-state index in [0.717, 1.165) is 43.6 Å². The maximum Gasteiger partial charge on any atom is 0.327 e. The summed E-state index contributed by atoms with van der Waals surface area (Å²) in [7, 11) is 0. The van der Waals surface area contributed by atoms with E-state index in [4.69, 9.17) is 0 Å². The highest BCUT2D eigenvalue weighted by Gasteiger charge is 2.40. The number of carboxylic acids is 1. The molecule has 0 radical (unpaired) electrons. The molecule has 0 saturated heterocycles. The Morgan fingerprint density at radius 3 is 2.76 bits per heavy atom. The third kappa shape index (κ3) is 1.75. The summed E-state index contributed by atoms with van der Waals surface area (Å²) in [5, 5.41) is 9.43. The van der Waals surface area contributed by atoms with E-state index in [-0.39, 0.29) is 6.04 Å². The first-order valence-corrected chi connectivity index (χ1v) is 6.48. The van der Waals surface area contributed by atoms with Crippen molar-refractivity contribution in [2.24, 2.45) is 5.92 Å². The van der Waals surface area contributed by atoms with Gasteiger partial charge in [-0.2, -0.15) is 0 Å². The summed E-state index contributed by atoms with van der Waals surface area (Å²) in [6.07, 6.45) is 6.44. The number of hydrogen-bond donors (Lipinski definition) is 1. The zero-order valence-corrected chi connectivity index (χ0v) is 10.1. The van der Waals surface area contributed by atoms with Crippen LogP contribution in [-0.4, -0.2) is 20.6 Å². The number of aliphatic carboxylic acids is 1. The third-order valence-electron chi connectivity index (χ3n) is 3.95. The summed E-state index contributed by atoms with van der Waals surface area (Å²) in [5.41, 5.74) is 2.33. The molecule has 0 aliphatic heterocycles. The molecule has 1 aromatic heterocycles. The second-order valence-electron chi connectivity index (χ2n) is 5.25. The monoisotopic (exact) mass is 234 g/mol. The summed E-state index contributed by atoms with van der Waals surface area (Å²) in [6.45, 7) is 1.94. The molecule has 92 valence electrons. The van der Waals surface area contributed by atoms with Gasteiger partial charge < -0.3 is 9.67 Å². The molecule has 1 fully saturated rings. The second kappa shape index (κ2) is 3.86. The summed E-state index contributed by atoms with van der Waals surface area (Å²) < 4.78 is 2.01. The smallest absolute Gasteiger partial charge is 0.327 e. The second-order valence-corrected chi connectivity index (χ2v) is 5.25. The summed E-state index contributed by atoms with van der Waals surface area (Å²) in [5.74, 6) is 0.518. The Labute approximate surface area is 101 Å². The maximum atomic E-state index is 11.5. The number of aromatic nitrogens is 2. The molecule has 1 atom stereocenters. The first-order chi connectivity index (χ1) is 8.18. The molecule has 1 aromatic rings. The number of aryl methyl sites for hydroxylation is 2. The number of rotatable bonds is 3. The summed E-state index contributed by atoms with van der Waals surface area (Å²) in [6, 6.07) is -0.371. The molecular formula is C13H18N2O2. The molecule has 17 heavy (non-hydrogen) atoms. The van der Waals surface area contributed by atoms with E-state index >= 15 is 0 Å². The molecule has 1 heterocycles. The van der Waals surface area contributed by atoms with Gasteiger partial charge in [-0.1, -0.05) is 0 Å². The van der Waals surface area contributed by atoms with Crippen LogP contribution in [0.1, 0.15) is 48.9 Å². The van der Waals surface area contributed by atoms with Crippen LogP contribution in [0.3, 0.4) is 0 Å². The van der Waals surface area contributed by atoms with Gasteiger partial charge in [-0.3, -0.25) is 0 Å². The highest BCUT2D eigenvalue weighted by Crippen LogP contribution is 2.42. The molecular weight excluding hydrogens is 216 g/mol. The number of fused-ring (bicyclic) bond motifs is 1. The van der Waals surface area contributed by atoms with Crippen LogP contribution in [0.15, 0.2) is 0 Å². The lowest BCUT2D eigenvalue weighted by Crippen LogP contribution is -2.24. The minimum Gasteiger partial charge on any atom is -0.480 e. The fourth-order valence-corrected chi connectivity index (χ4v) is 3.00. The van der Waals surface area contributed by atoms with Crippen molar-refractivity contribution in [3.63, 3.8) is 0 Å². The molecule has 3 rings (SSSR count). The van der Waals surface area contributed by atoms with Gasteiger partial charge in [-0.25, -0.2) is 9.78 Å². The summed E-state index contributed by atoms with van der Waals surface area (Å²) >= 11 is 0. The molecule has 0 spiro atoms. The van der Waals surface area contributed by atoms with E-state index in [1.165, 1.54) is 12.1 Å². The summed E-state index contributed by atoms with van der Waals surface area (Å²) in [4.78, 5) is 16.0. The van der Waals surface area contributed by atoms with Gasteiger partial charge >= 0.3 is 5.97 Å². The Kier molecular flexibility index (Phi) is 2.45. The van der Waals surface area contributed by atoms with Crippen LogP contribution in [0.25, 0.3) is 0 Å². The van der Waals surface area contributed by atoms with E-state index in [9.17, 15) is 9.90 Å². The molecule has 2 aliphatic rings. The zero-order chi connectivity index (χ0) is 12.0. The van der Waals surface area contributed by atoms with Crippen molar-refractivity contribution in [2.45, 2.75) is 51.5 Å². The van der Waals surface area contributed by atoms with Crippen molar-refractivity contribution < 1.29 is 9.90 Å². The average Bonchev–Trinajstić information content (AvgIpc) is 3.05. The van der Waals surface area contributed by atoms with Crippen LogP contribution in [0, 0.1) is 12.8 Å². The van der Waals surface area contributed by atoms with Gasteiger partial charge in [0.2, 0.25) is 0 Å². The number of carboxylic acid groups (broad SMARTS) is 1. The Hall–Kier alpha value is -1.32. The molecule has 1 N–H and O–H groups in total. The minimum absolute atomic E-state index is 0.325. The van der Waals surface area contributed by atoms with Gasteiger partial charge in [0, 0.05) is 5.69 Å². The predicted molar refractivity (Wildman–Crippen MR) is 63.0 cm³/mol. The number of nitrogens with zero attached hydrogens (tertiary/aromatic N) is 2. The normalized spacial score (nSPS) is 21.0. The zero-order valence-electron chi connectivity index (χ0n) is 10.1. The van der Waals surface area contributed by atoms with Crippen LogP contribution < -0.4 is 0 Å². The van der Waals surface area contributed by atoms with E-state index in [1.54, 1.807) is 0 Å². The molecule has 0 bridgehead atoms. The highest BCUT2D eigenvalue weighted by atomic mass is 16.4. The Bertz CT molecular complexity index is 460. The van der Waals surface area contributed by atoms with Crippen molar-refractivity contribution in [3.8, 4) is 0 Å². The quantitative estimate of drug-likeness (QED) is 0.871. The fraction of sp³-hybridized carbons (Fsp3) is 0.692. The molecule has 1 unspecified atom stereocenters. The largest absolute Gasteiger partial charge is 0.480 e. The molecule has 1 saturated carbocycles. The number of imidazole rings is 1. The van der Waals surface area contributed by atoms with E-state index in [1.807, 2.05) is 11.5 Å². The van der Waals surface area contributed by atoms with E-state index in [0.29, 0.717) is 5.92 Å². The van der Waals surface area contributed by atoms with E-state index in [2.05, 4.69) is 4.98 Å². The Balaban J connectivity index is 2.05. The molecule has 4 nitrogen and oxygen atoms in total. The van der Waals surface area contributed by atoms with Gasteiger partial charge in [0.25, 0.3) is 0 Å². The topological polar surface area (TPSA) is 55.1 Å². The van der Waals surface area contributed by atoms with Crippen molar-refractivity contribution in [1.82, 2.24) is 9.55 Å². The molecule has 0 amide bonds. The number of carbonyl (C=O) groups is 1. The Morgan fingerprint density at radius 1 is 1.41 bits per heavy atom. The lowest BCUT2D eigenvalue weighted by atomic mass is 10.0. The lowest BCUT2D eigenvalue weighted by molar-refractivity contribution is -0.141. The van der Waals surface area contributed by atoms with Gasteiger partial charge in [0.05, 0.1) is 5.69 Å². The first-order valence-electron chi connectivity index (χ1n) is 6.48. The highest BCUT2D eigenvalue weighted by molar-refractivity contribution is 5.73. The maximum absolute atomic E-state index is 11.5. The molecule has 2 aliphatic carbocycles. The van der Waals surface area contributed by atoms with Crippen LogP contribution in [0.4, 0.5) is 0 Å². The van der Waals surface area contributed by atoms with E-state index < -0.39 is 5.97 Å². The average molecular weight is 234 g/mol. The van der Waals surface area contributed by atoms with Crippen LogP contribution >= 0.6 is 0 Å². The van der Waals surface area contributed by atoms with Gasteiger partial charge in [-0.15, -0.1) is 0 Å². The standard InChI is InChI=1S/C13H18N2O2/c1-8-14-10-4-2-3-5-11(10)15(8)12(13(16)17)9-6-7-9/h9,12H,2-7H2,1H3,(H,16,17). The number of hydrogen-bond acceptors (Lipinski definition) is 2. The van der Waals surface area contributed by atoms with Crippen molar-refractivity contribution in [3.05, 3.63) is 17.2 Å². The van der Waals surface area contributed by atoms with Crippen molar-refractivity contribution >= 4 is 5.97 Å². The van der Waals surface area contributed by atoms with Crippen LogP contribution in [-0.2, 0) is 17.6 Å². The minimum atomic E-state index is -0.693. The third-order valence-corrected chi connectivity index (χ3v) is 3.95. The van der Waals surface area contributed by atoms with Gasteiger partial charge in [0.1, 0.15) is 11.9 Å². The Morgan fingerprint density at radius 2 is 2.12 bits per heavy atom. The van der Waals surface area contributed by atoms with Crippen molar-refractivity contribution in [1.29, 1.82) is 0 Å². The lowest BCUT2D eigenvalue weighted by Gasteiger charge is -2.20. The van der Waals surface area contributed by atoms with Crippen molar-refractivity contribution in [2.75, 3.05) is 0 Å². The first kappa shape index (κ1) is 10.8. The van der Waals surface area contributed by atoms with Gasteiger partial charge in [-0.05, 0) is 51.4 Å². The fourth-order valence-electron chi connectivity index (χ4n) is 3.00. The SMILES string of the molecule is Cc1nc2c(n1C(C(=O)O)C1CC1)CCCC2. The van der Waals surface area contributed by atoms with Crippen LogP contribution in [0.2, 0.25) is 0 Å². The van der Waals surface area contributed by atoms with Crippen LogP contribution in [0.5, 0.6) is 0 Å². The molecule has 0 aromatic carbocycles. The van der Waals surface area contributed by atoms with Gasteiger partial charge in [0.15, 0.2) is 0 Å². The molecule has 4 heteroatoms.